The van der Waals surface area contributed by atoms with Crippen molar-refractivity contribution in [2.45, 2.75) is 31.3 Å². The van der Waals surface area contributed by atoms with E-state index in [4.69, 9.17) is 5.11 Å². The van der Waals surface area contributed by atoms with Crippen LogP contribution in [0.25, 0.3) is 0 Å². The summed E-state index contributed by atoms with van der Waals surface area (Å²) in [5, 5.41) is 8.97. The van der Waals surface area contributed by atoms with Gasteiger partial charge < -0.3 is 15.0 Å². The number of nitrogens with one attached hydrogen (secondary N) is 2. The average molecular weight is 301 g/mol. The number of aromatic nitrogens is 1. The third kappa shape index (κ3) is 3.60. The van der Waals surface area contributed by atoms with Gasteiger partial charge in [-0.3, -0.25) is 0 Å². The normalized spacial score (nSPS) is 20.1. The van der Waals surface area contributed by atoms with E-state index in [9.17, 15) is 8.42 Å². The van der Waals surface area contributed by atoms with Crippen LogP contribution in [0.1, 0.15) is 25.5 Å². The molecule has 0 aliphatic carbocycles. The van der Waals surface area contributed by atoms with E-state index in [-0.39, 0.29) is 16.9 Å². The average Bonchev–Trinajstić information content (AvgIpc) is 2.90. The molecule has 7 heteroatoms. The van der Waals surface area contributed by atoms with Gasteiger partial charge in [0.1, 0.15) is 0 Å². The van der Waals surface area contributed by atoms with E-state index in [1.807, 2.05) is 0 Å². The van der Waals surface area contributed by atoms with Gasteiger partial charge in [-0.05, 0) is 44.5 Å². The van der Waals surface area contributed by atoms with Crippen molar-refractivity contribution in [2.24, 2.45) is 5.41 Å². The monoisotopic (exact) mass is 301 g/mol. The number of sulfonamides is 1. The summed E-state index contributed by atoms with van der Waals surface area (Å²) >= 11 is 0. The Morgan fingerprint density at radius 2 is 2.10 bits per heavy atom. The summed E-state index contributed by atoms with van der Waals surface area (Å²) in [4.78, 5) is 5.18. The Morgan fingerprint density at radius 1 is 1.45 bits per heavy atom. The summed E-state index contributed by atoms with van der Waals surface area (Å²) in [6.07, 6.45) is 3.38. The lowest BCUT2D eigenvalue weighted by Gasteiger charge is -2.37. The molecule has 3 N–H and O–H groups in total. The molecular formula is C13H23N3O3S. The van der Waals surface area contributed by atoms with Gasteiger partial charge in [-0.1, -0.05) is 6.92 Å². The number of aliphatic hydroxyl groups is 1. The molecule has 0 bridgehead atoms. The van der Waals surface area contributed by atoms with Gasteiger partial charge in [0.05, 0.1) is 11.5 Å². The fourth-order valence-electron chi connectivity index (χ4n) is 2.35. The number of likely N-dealkylation sites (tertiary alicyclic amines) is 1. The topological polar surface area (TPSA) is 85.4 Å². The van der Waals surface area contributed by atoms with Crippen molar-refractivity contribution in [3.05, 3.63) is 18.0 Å². The van der Waals surface area contributed by atoms with Gasteiger partial charge in [-0.15, -0.1) is 0 Å². The fraction of sp³-hybridized carbons (Fsp3) is 0.692. The second-order valence-corrected chi connectivity index (χ2v) is 7.72. The third-order valence-corrected chi connectivity index (χ3v) is 5.46. The summed E-state index contributed by atoms with van der Waals surface area (Å²) in [7, 11) is -1.42. The molecule has 0 atom stereocenters. The number of nitrogens with zero attached hydrogens (tertiary/aromatic N) is 1. The van der Waals surface area contributed by atoms with Crippen molar-refractivity contribution in [1.29, 1.82) is 0 Å². The molecule has 2 rings (SSSR count). The number of hydrogen-bond acceptors (Lipinski definition) is 4. The van der Waals surface area contributed by atoms with E-state index in [1.54, 1.807) is 0 Å². The van der Waals surface area contributed by atoms with Crippen LogP contribution < -0.4 is 4.72 Å². The van der Waals surface area contributed by atoms with Crippen LogP contribution >= 0.6 is 0 Å². The lowest BCUT2D eigenvalue weighted by molar-refractivity contribution is 0.143. The minimum atomic E-state index is -3.51. The largest absolute Gasteiger partial charge is 0.390 e. The summed E-state index contributed by atoms with van der Waals surface area (Å²) < 4.78 is 27.1. The maximum atomic E-state index is 12.2. The third-order valence-electron chi connectivity index (χ3n) is 4.08. The number of hydrogen-bond donors (Lipinski definition) is 3. The predicted octanol–water partition coefficient (Wildman–Crippen LogP) is 0.517. The number of rotatable bonds is 5. The van der Waals surface area contributed by atoms with Crippen molar-refractivity contribution >= 4 is 10.0 Å². The highest BCUT2D eigenvalue weighted by atomic mass is 32.2. The molecule has 0 spiro atoms. The quantitative estimate of drug-likeness (QED) is 0.740. The zero-order valence-electron chi connectivity index (χ0n) is 12.0. The van der Waals surface area contributed by atoms with Gasteiger partial charge in [-0.2, -0.15) is 0 Å². The van der Waals surface area contributed by atoms with Crippen LogP contribution in [0.4, 0.5) is 0 Å². The summed E-state index contributed by atoms with van der Waals surface area (Å²) in [6.45, 7) is 4.37. The lowest BCUT2D eigenvalue weighted by Crippen LogP contribution is -2.43. The molecule has 0 radical (unpaired) electrons. The maximum absolute atomic E-state index is 12.2. The molecule has 114 valence electrons. The van der Waals surface area contributed by atoms with Gasteiger partial charge in [0.25, 0.3) is 0 Å². The Hall–Kier alpha value is -0.890. The van der Waals surface area contributed by atoms with Gasteiger partial charge >= 0.3 is 0 Å². The van der Waals surface area contributed by atoms with E-state index in [0.717, 1.165) is 25.9 Å². The molecule has 0 unspecified atom stereocenters. The summed E-state index contributed by atoms with van der Waals surface area (Å²) in [5.41, 5.74) is 0.506. The Morgan fingerprint density at radius 3 is 2.65 bits per heavy atom. The molecule has 1 fully saturated rings. The molecule has 1 aromatic rings. The number of H-pyrrole nitrogens is 1. The van der Waals surface area contributed by atoms with E-state index in [0.29, 0.717) is 12.2 Å². The lowest BCUT2D eigenvalue weighted by atomic mass is 9.81. The zero-order chi connectivity index (χ0) is 14.8. The first-order valence-electron chi connectivity index (χ1n) is 6.81. The minimum absolute atomic E-state index is 0.00962. The van der Waals surface area contributed by atoms with Crippen LogP contribution in [0.2, 0.25) is 0 Å². The smallest absolute Gasteiger partial charge is 0.242 e. The first-order valence-corrected chi connectivity index (χ1v) is 8.29. The van der Waals surface area contributed by atoms with Crippen molar-refractivity contribution in [1.82, 2.24) is 14.6 Å². The second kappa shape index (κ2) is 5.85. The molecule has 0 amide bonds. The van der Waals surface area contributed by atoms with Crippen LogP contribution in [0.15, 0.2) is 17.2 Å². The van der Waals surface area contributed by atoms with Crippen molar-refractivity contribution in [2.75, 3.05) is 26.7 Å². The van der Waals surface area contributed by atoms with Gasteiger partial charge in [0.2, 0.25) is 10.0 Å². The molecule has 0 saturated carbocycles. The molecule has 1 saturated heterocycles. The molecule has 1 aliphatic heterocycles. The van der Waals surface area contributed by atoms with Crippen LogP contribution in [0, 0.1) is 5.41 Å². The number of aromatic amines is 1. The van der Waals surface area contributed by atoms with Gasteiger partial charge in [0, 0.05) is 18.4 Å². The predicted molar refractivity (Wildman–Crippen MR) is 76.7 cm³/mol. The Balaban J connectivity index is 1.98. The van der Waals surface area contributed by atoms with Gasteiger partial charge in [-0.25, -0.2) is 13.1 Å². The molecule has 1 aliphatic rings. The Kier molecular flexibility index (Phi) is 4.53. The minimum Gasteiger partial charge on any atom is -0.390 e. The highest BCUT2D eigenvalue weighted by Gasteiger charge is 2.30. The van der Waals surface area contributed by atoms with E-state index >= 15 is 0 Å². The first kappa shape index (κ1) is 15.5. The molecule has 20 heavy (non-hydrogen) atoms. The fourth-order valence-corrected chi connectivity index (χ4v) is 3.57. The van der Waals surface area contributed by atoms with Crippen LogP contribution in [-0.2, 0) is 16.6 Å². The Labute approximate surface area is 120 Å². The summed E-state index contributed by atoms with van der Waals surface area (Å²) in [6, 6.07) is 1.46. The highest BCUT2D eigenvalue weighted by Crippen LogP contribution is 2.29. The van der Waals surface area contributed by atoms with Gasteiger partial charge in [0.15, 0.2) is 0 Å². The van der Waals surface area contributed by atoms with Crippen LogP contribution in [-0.4, -0.2) is 50.1 Å². The van der Waals surface area contributed by atoms with Crippen molar-refractivity contribution in [3.63, 3.8) is 0 Å². The maximum Gasteiger partial charge on any atom is 0.242 e. The molecule has 0 aromatic carbocycles. The standard InChI is InChI=1S/C13H23N3O3S/c1-13(3-5-16(2)6-4-13)10-15-20(18,19)12-7-11(9-17)14-8-12/h7-8,14-15,17H,3-6,9-10H2,1-2H3. The number of aliphatic hydroxyl groups excluding tert-OH is 1. The second-order valence-electron chi connectivity index (χ2n) is 5.96. The van der Waals surface area contributed by atoms with E-state index < -0.39 is 10.0 Å². The SMILES string of the molecule is CN1CCC(C)(CNS(=O)(=O)c2c[nH]c(CO)c2)CC1. The number of piperidine rings is 1. The van der Waals surface area contributed by atoms with Crippen LogP contribution in [0.3, 0.4) is 0 Å². The highest BCUT2D eigenvalue weighted by molar-refractivity contribution is 7.89. The molecule has 1 aromatic heterocycles. The first-order chi connectivity index (χ1) is 9.35. The van der Waals surface area contributed by atoms with E-state index in [2.05, 4.69) is 28.6 Å². The molecule has 2 heterocycles. The molecular weight excluding hydrogens is 278 g/mol. The molecule has 6 nitrogen and oxygen atoms in total. The Bertz CT molecular complexity index is 545. The zero-order valence-corrected chi connectivity index (χ0v) is 12.8. The van der Waals surface area contributed by atoms with Crippen molar-refractivity contribution < 1.29 is 13.5 Å². The van der Waals surface area contributed by atoms with E-state index in [1.165, 1.54) is 12.3 Å². The van der Waals surface area contributed by atoms with Crippen LogP contribution in [0.5, 0.6) is 0 Å². The summed E-state index contributed by atoms with van der Waals surface area (Å²) in [5.74, 6) is 0. The van der Waals surface area contributed by atoms with Crippen molar-refractivity contribution in [3.8, 4) is 0 Å².